The van der Waals surface area contributed by atoms with E-state index in [1.165, 1.54) is 18.3 Å². The van der Waals surface area contributed by atoms with Gasteiger partial charge in [-0.25, -0.2) is 20.6 Å². The number of amides is 2. The topological polar surface area (TPSA) is 248 Å². The van der Waals surface area contributed by atoms with Gasteiger partial charge in [0.2, 0.25) is 11.9 Å². The maximum atomic E-state index is 12.5. The maximum Gasteiger partial charge on any atom is 0.326 e. The number of nitrogen functional groups attached to an aromatic ring is 1. The zero-order chi connectivity index (χ0) is 26.9. The van der Waals surface area contributed by atoms with Gasteiger partial charge in [0.1, 0.15) is 11.8 Å². The predicted octanol–water partition coefficient (Wildman–Crippen LogP) is -0.790. The molecule has 1 atom stereocenters. The number of carboxylic acid groups (broad SMARTS) is 1. The summed E-state index contributed by atoms with van der Waals surface area (Å²) >= 11 is 0. The van der Waals surface area contributed by atoms with E-state index in [4.69, 9.17) is 11.6 Å². The molecule has 1 aromatic carbocycles. The molecule has 1 unspecified atom stereocenters. The van der Waals surface area contributed by atoms with Crippen LogP contribution in [0.4, 0.5) is 11.6 Å². The molecule has 2 aromatic heterocycles. The SMILES string of the molecule is NNC(=O)CCC(=O)CCC(NC(=O)c1ccc(NCc2cnc3nc(N)[nH]c(=O)c3n2)cc1)C(=O)O. The minimum Gasteiger partial charge on any atom is -0.480 e. The molecular weight excluding hydrogens is 486 g/mol. The van der Waals surface area contributed by atoms with Crippen molar-refractivity contribution < 1.29 is 24.3 Å². The van der Waals surface area contributed by atoms with E-state index in [1.807, 2.05) is 5.43 Å². The Morgan fingerprint density at radius 1 is 1.05 bits per heavy atom. The molecular formula is C22H25N9O6. The van der Waals surface area contributed by atoms with E-state index in [-0.39, 0.29) is 60.7 Å². The summed E-state index contributed by atoms with van der Waals surface area (Å²) in [5, 5.41) is 14.9. The summed E-state index contributed by atoms with van der Waals surface area (Å²) < 4.78 is 0. The average Bonchev–Trinajstić information content (AvgIpc) is 2.88. The van der Waals surface area contributed by atoms with Gasteiger partial charge in [0, 0.05) is 30.5 Å². The Kier molecular flexibility index (Phi) is 8.77. The maximum absolute atomic E-state index is 12.5. The Morgan fingerprint density at radius 2 is 1.78 bits per heavy atom. The quantitative estimate of drug-likeness (QED) is 0.0897. The van der Waals surface area contributed by atoms with Gasteiger partial charge in [-0.05, 0) is 30.7 Å². The molecule has 3 rings (SSSR count). The number of Topliss-reactive ketones (excluding diaryl/α,β-unsaturated/α-hetero) is 1. The molecule has 2 amide bonds. The van der Waals surface area contributed by atoms with Gasteiger partial charge in [-0.3, -0.25) is 29.6 Å². The number of carbonyl (C=O) groups excluding carboxylic acids is 3. The first-order valence-electron chi connectivity index (χ1n) is 11.1. The number of aliphatic carboxylic acids is 1. The van der Waals surface area contributed by atoms with Crippen LogP contribution in [0.3, 0.4) is 0 Å². The third-order valence-electron chi connectivity index (χ3n) is 5.21. The van der Waals surface area contributed by atoms with Gasteiger partial charge >= 0.3 is 5.97 Å². The van der Waals surface area contributed by atoms with Gasteiger partial charge in [-0.15, -0.1) is 0 Å². The number of aromatic nitrogens is 4. The van der Waals surface area contributed by atoms with Gasteiger partial charge in [0.25, 0.3) is 11.5 Å². The van der Waals surface area contributed by atoms with E-state index in [0.717, 1.165) is 0 Å². The van der Waals surface area contributed by atoms with Crippen molar-refractivity contribution in [2.45, 2.75) is 38.3 Å². The number of rotatable bonds is 12. The molecule has 0 spiro atoms. The average molecular weight is 511 g/mol. The molecule has 194 valence electrons. The number of anilines is 2. The number of hydrogen-bond donors (Lipinski definition) is 7. The van der Waals surface area contributed by atoms with Gasteiger partial charge in [-0.1, -0.05) is 0 Å². The van der Waals surface area contributed by atoms with Crippen molar-refractivity contribution in [3.8, 4) is 0 Å². The second-order valence-electron chi connectivity index (χ2n) is 7.92. The molecule has 15 heteroatoms. The lowest BCUT2D eigenvalue weighted by Crippen LogP contribution is -2.41. The molecule has 2 heterocycles. The molecule has 0 saturated carbocycles. The molecule has 37 heavy (non-hydrogen) atoms. The van der Waals surface area contributed by atoms with E-state index >= 15 is 0 Å². The predicted molar refractivity (Wildman–Crippen MR) is 131 cm³/mol. The number of nitrogens with two attached hydrogens (primary N) is 2. The smallest absolute Gasteiger partial charge is 0.326 e. The fourth-order valence-electron chi connectivity index (χ4n) is 3.24. The Balaban J connectivity index is 1.54. The van der Waals surface area contributed by atoms with Crippen molar-refractivity contribution >= 4 is 46.4 Å². The molecule has 0 saturated heterocycles. The summed E-state index contributed by atoms with van der Waals surface area (Å²) in [6, 6.07) is 4.94. The molecule has 15 nitrogen and oxygen atoms in total. The molecule has 0 aliphatic rings. The van der Waals surface area contributed by atoms with Crippen LogP contribution < -0.4 is 33.2 Å². The zero-order valence-corrected chi connectivity index (χ0v) is 19.5. The van der Waals surface area contributed by atoms with Crippen LogP contribution in [0.2, 0.25) is 0 Å². The number of nitrogens with zero attached hydrogens (tertiary/aromatic N) is 3. The van der Waals surface area contributed by atoms with Crippen molar-refractivity contribution in [1.82, 2.24) is 30.7 Å². The monoisotopic (exact) mass is 511 g/mol. The highest BCUT2D eigenvalue weighted by Crippen LogP contribution is 2.12. The molecule has 0 fully saturated rings. The zero-order valence-electron chi connectivity index (χ0n) is 19.5. The number of hydrogen-bond acceptors (Lipinski definition) is 11. The summed E-state index contributed by atoms with van der Waals surface area (Å²) in [7, 11) is 0. The van der Waals surface area contributed by atoms with E-state index in [1.54, 1.807) is 12.1 Å². The van der Waals surface area contributed by atoms with Crippen LogP contribution in [-0.4, -0.2) is 54.7 Å². The first-order valence-corrected chi connectivity index (χ1v) is 11.1. The fraction of sp³-hybridized carbons (Fsp3) is 0.273. The van der Waals surface area contributed by atoms with Gasteiger partial charge in [0.15, 0.2) is 11.2 Å². The number of H-pyrrole nitrogens is 1. The Morgan fingerprint density at radius 3 is 2.46 bits per heavy atom. The van der Waals surface area contributed by atoms with E-state index < -0.39 is 29.4 Å². The number of aromatic amines is 1. The highest BCUT2D eigenvalue weighted by atomic mass is 16.4. The molecule has 0 aliphatic carbocycles. The molecule has 9 N–H and O–H groups in total. The summed E-state index contributed by atoms with van der Waals surface area (Å²) in [5.74, 6) is 2.16. The van der Waals surface area contributed by atoms with Crippen LogP contribution in [0.5, 0.6) is 0 Å². The van der Waals surface area contributed by atoms with Crippen LogP contribution >= 0.6 is 0 Å². The van der Waals surface area contributed by atoms with Crippen LogP contribution in [-0.2, 0) is 20.9 Å². The summed E-state index contributed by atoms with van der Waals surface area (Å²) in [6.07, 6.45) is 1.03. The molecule has 0 aliphatic heterocycles. The normalized spacial score (nSPS) is 11.5. The van der Waals surface area contributed by atoms with Crippen LogP contribution in [0.15, 0.2) is 35.3 Å². The van der Waals surface area contributed by atoms with Crippen molar-refractivity contribution in [3.63, 3.8) is 0 Å². The van der Waals surface area contributed by atoms with E-state index in [9.17, 15) is 29.1 Å². The van der Waals surface area contributed by atoms with Crippen LogP contribution in [0.25, 0.3) is 11.2 Å². The van der Waals surface area contributed by atoms with Gasteiger partial charge in [0.05, 0.1) is 18.4 Å². The Labute approximate surface area is 209 Å². The van der Waals surface area contributed by atoms with E-state index in [0.29, 0.717) is 11.4 Å². The minimum absolute atomic E-state index is 0.0521. The molecule has 0 bridgehead atoms. The highest BCUT2D eigenvalue weighted by Gasteiger charge is 2.22. The third kappa shape index (κ3) is 7.53. The minimum atomic E-state index is -1.28. The first kappa shape index (κ1) is 26.7. The third-order valence-corrected chi connectivity index (χ3v) is 5.21. The number of nitrogens with one attached hydrogen (secondary N) is 4. The Hall–Kier alpha value is -4.92. The van der Waals surface area contributed by atoms with Crippen LogP contribution in [0.1, 0.15) is 41.7 Å². The first-order chi connectivity index (χ1) is 17.7. The number of carbonyl (C=O) groups is 4. The number of hydrazine groups is 1. The summed E-state index contributed by atoms with van der Waals surface area (Å²) in [6.45, 7) is 0.223. The van der Waals surface area contributed by atoms with Crippen molar-refractivity contribution in [3.05, 3.63) is 52.1 Å². The number of carboxylic acids is 1. The van der Waals surface area contributed by atoms with E-state index in [2.05, 4.69) is 30.6 Å². The van der Waals surface area contributed by atoms with Gasteiger partial charge < -0.3 is 21.5 Å². The molecule has 3 aromatic rings. The lowest BCUT2D eigenvalue weighted by molar-refractivity contribution is -0.139. The number of benzene rings is 1. The number of ketones is 1. The lowest BCUT2D eigenvalue weighted by atomic mass is 10.0. The van der Waals surface area contributed by atoms with Gasteiger partial charge in [-0.2, -0.15) is 4.98 Å². The molecule has 0 radical (unpaired) electrons. The van der Waals surface area contributed by atoms with Crippen molar-refractivity contribution in [2.75, 3.05) is 11.1 Å². The fourth-order valence-corrected chi connectivity index (χ4v) is 3.24. The summed E-state index contributed by atoms with van der Waals surface area (Å²) in [4.78, 5) is 73.6. The summed E-state index contributed by atoms with van der Waals surface area (Å²) in [5.41, 5.74) is 8.38. The second-order valence-corrected chi connectivity index (χ2v) is 7.92. The second kappa shape index (κ2) is 12.2. The largest absolute Gasteiger partial charge is 0.480 e. The van der Waals surface area contributed by atoms with Crippen LogP contribution in [0, 0.1) is 0 Å². The Bertz CT molecular complexity index is 1370. The number of fused-ring (bicyclic) bond motifs is 1. The standard InChI is InChI=1S/C22H25N9O6/c23-22-29-18-17(20(35)30-22)27-13(10-26-18)9-25-12-3-1-11(2-4-12)19(34)28-15(21(36)37)7-5-14(32)6-8-16(33)31-24/h1-4,10,15,25H,5-9,24H2,(H,28,34)(H,31,33)(H,36,37)(H3,23,26,29,30,35). The lowest BCUT2D eigenvalue weighted by Gasteiger charge is -2.14. The van der Waals surface area contributed by atoms with Crippen molar-refractivity contribution in [1.29, 1.82) is 0 Å². The highest BCUT2D eigenvalue weighted by molar-refractivity contribution is 5.97. The van der Waals surface area contributed by atoms with Crippen molar-refractivity contribution in [2.24, 2.45) is 5.84 Å².